The van der Waals surface area contributed by atoms with E-state index in [0.29, 0.717) is 0 Å². The summed E-state index contributed by atoms with van der Waals surface area (Å²) in [7, 11) is 0. The molecule has 0 radical (unpaired) electrons. The van der Waals surface area contributed by atoms with Crippen molar-refractivity contribution >= 4 is 39.0 Å². The molecule has 0 spiro atoms. The average molecular weight is 590 g/mol. The minimum absolute atomic E-state index is 0.411. The largest absolute Gasteiger partial charge is 0.456 e. The van der Waals surface area contributed by atoms with E-state index in [2.05, 4.69) is 176 Å². The van der Waals surface area contributed by atoms with Crippen LogP contribution in [0.4, 0.5) is 17.1 Å². The summed E-state index contributed by atoms with van der Waals surface area (Å²) in [4.78, 5) is 2.39. The molecule has 0 fully saturated rings. The van der Waals surface area contributed by atoms with E-state index in [9.17, 15) is 0 Å². The van der Waals surface area contributed by atoms with Crippen molar-refractivity contribution in [2.45, 2.75) is 12.3 Å². The monoisotopic (exact) mass is 589 g/mol. The molecule has 46 heavy (non-hydrogen) atoms. The topological polar surface area (TPSA) is 16.4 Å². The Hall–Kier alpha value is -5.86. The van der Waals surface area contributed by atoms with Crippen LogP contribution in [0.25, 0.3) is 44.2 Å². The van der Waals surface area contributed by atoms with Gasteiger partial charge in [0.05, 0.1) is 5.69 Å². The molecule has 0 atom stereocenters. The van der Waals surface area contributed by atoms with Crippen molar-refractivity contribution in [3.8, 4) is 22.3 Å². The first-order valence-electron chi connectivity index (χ1n) is 15.9. The van der Waals surface area contributed by atoms with E-state index in [1.807, 2.05) is 6.07 Å². The molecule has 0 unspecified atom stereocenters. The molecule has 8 aromatic rings. The van der Waals surface area contributed by atoms with Gasteiger partial charge in [0.2, 0.25) is 0 Å². The Bertz CT molecular complexity index is 2320. The Morgan fingerprint density at radius 2 is 0.978 bits per heavy atom. The van der Waals surface area contributed by atoms with Crippen molar-refractivity contribution in [3.63, 3.8) is 0 Å². The summed E-state index contributed by atoms with van der Waals surface area (Å²) in [6, 6.07) is 61.0. The highest BCUT2D eigenvalue weighted by Gasteiger charge is 2.43. The van der Waals surface area contributed by atoms with Crippen LogP contribution in [0.3, 0.4) is 0 Å². The van der Waals surface area contributed by atoms with Gasteiger partial charge in [0, 0.05) is 33.6 Å². The van der Waals surface area contributed by atoms with Crippen LogP contribution in [0, 0.1) is 0 Å². The second-order valence-electron chi connectivity index (χ2n) is 12.3. The molecule has 0 saturated heterocycles. The van der Waals surface area contributed by atoms with E-state index in [4.69, 9.17) is 4.42 Å². The van der Waals surface area contributed by atoms with Gasteiger partial charge in [0.1, 0.15) is 11.2 Å². The third-order valence-corrected chi connectivity index (χ3v) is 9.74. The molecule has 0 bridgehead atoms. The molecule has 0 saturated carbocycles. The fourth-order valence-corrected chi connectivity index (χ4v) is 7.53. The third kappa shape index (κ3) is 3.97. The number of rotatable bonds is 5. The zero-order chi connectivity index (χ0) is 30.7. The van der Waals surface area contributed by atoms with Gasteiger partial charge in [-0.1, -0.05) is 127 Å². The van der Waals surface area contributed by atoms with Crippen molar-refractivity contribution in [2.75, 3.05) is 4.90 Å². The Balaban J connectivity index is 1.36. The number of hydrogen-bond acceptors (Lipinski definition) is 2. The van der Waals surface area contributed by atoms with Crippen molar-refractivity contribution in [3.05, 3.63) is 187 Å². The summed E-state index contributed by atoms with van der Waals surface area (Å²) >= 11 is 0. The SMILES string of the molecule is CC1(c2cc3c(cc2N(c2ccccc2)c2ccc(-c4ccccc4)cc2)oc2ccccc23)c2ccccc2-c2ccccc21. The third-order valence-electron chi connectivity index (χ3n) is 9.74. The Kier molecular flexibility index (Phi) is 5.97. The van der Waals surface area contributed by atoms with Gasteiger partial charge in [0.15, 0.2) is 0 Å². The molecule has 0 amide bonds. The fraction of sp³-hybridized carbons (Fsp3) is 0.0455. The van der Waals surface area contributed by atoms with Gasteiger partial charge in [-0.3, -0.25) is 0 Å². The van der Waals surface area contributed by atoms with Gasteiger partial charge in [-0.15, -0.1) is 0 Å². The van der Waals surface area contributed by atoms with E-state index < -0.39 is 5.41 Å². The molecule has 1 aliphatic carbocycles. The van der Waals surface area contributed by atoms with Crippen LogP contribution in [0.5, 0.6) is 0 Å². The molecule has 2 nitrogen and oxygen atoms in total. The minimum atomic E-state index is -0.411. The van der Waals surface area contributed by atoms with Gasteiger partial charge in [-0.05, 0) is 82.3 Å². The number of nitrogens with zero attached hydrogens (tertiary/aromatic N) is 1. The number of benzene rings is 7. The van der Waals surface area contributed by atoms with E-state index in [0.717, 1.165) is 39.0 Å². The lowest BCUT2D eigenvalue weighted by atomic mass is 9.73. The molecule has 7 aromatic carbocycles. The maximum absolute atomic E-state index is 6.55. The Morgan fingerprint density at radius 3 is 1.67 bits per heavy atom. The lowest BCUT2D eigenvalue weighted by Crippen LogP contribution is -2.26. The summed E-state index contributed by atoms with van der Waals surface area (Å²) in [5.41, 5.74) is 13.5. The molecular formula is C44H31NO. The highest BCUT2D eigenvalue weighted by molar-refractivity contribution is 6.07. The molecule has 1 aromatic heterocycles. The van der Waals surface area contributed by atoms with Crippen LogP contribution in [0.2, 0.25) is 0 Å². The van der Waals surface area contributed by atoms with Gasteiger partial charge in [-0.25, -0.2) is 0 Å². The van der Waals surface area contributed by atoms with Gasteiger partial charge >= 0.3 is 0 Å². The van der Waals surface area contributed by atoms with Crippen molar-refractivity contribution in [1.29, 1.82) is 0 Å². The maximum Gasteiger partial charge on any atom is 0.137 e. The predicted octanol–water partition coefficient (Wildman–Crippen LogP) is 12.1. The second-order valence-corrected chi connectivity index (χ2v) is 12.3. The van der Waals surface area contributed by atoms with Crippen LogP contribution >= 0.6 is 0 Å². The molecular weight excluding hydrogens is 558 g/mol. The van der Waals surface area contributed by atoms with E-state index in [1.165, 1.54) is 38.9 Å². The summed E-state index contributed by atoms with van der Waals surface area (Å²) < 4.78 is 6.55. The van der Waals surface area contributed by atoms with Gasteiger partial charge < -0.3 is 9.32 Å². The smallest absolute Gasteiger partial charge is 0.137 e. The summed E-state index contributed by atoms with van der Waals surface area (Å²) in [5, 5.41) is 2.26. The number of para-hydroxylation sites is 2. The summed E-state index contributed by atoms with van der Waals surface area (Å²) in [5.74, 6) is 0. The van der Waals surface area contributed by atoms with Crippen molar-refractivity contribution in [2.24, 2.45) is 0 Å². The van der Waals surface area contributed by atoms with Crippen molar-refractivity contribution < 1.29 is 4.42 Å². The maximum atomic E-state index is 6.55. The lowest BCUT2D eigenvalue weighted by molar-refractivity contribution is 0.667. The molecule has 0 aliphatic heterocycles. The van der Waals surface area contributed by atoms with Crippen LogP contribution in [0.1, 0.15) is 23.6 Å². The molecule has 0 N–H and O–H groups in total. The Morgan fingerprint density at radius 1 is 0.435 bits per heavy atom. The van der Waals surface area contributed by atoms with Crippen LogP contribution < -0.4 is 4.90 Å². The van der Waals surface area contributed by atoms with Crippen molar-refractivity contribution in [1.82, 2.24) is 0 Å². The van der Waals surface area contributed by atoms with E-state index >= 15 is 0 Å². The molecule has 1 heterocycles. The fourth-order valence-electron chi connectivity index (χ4n) is 7.53. The zero-order valence-corrected chi connectivity index (χ0v) is 25.5. The van der Waals surface area contributed by atoms with Gasteiger partial charge in [0.25, 0.3) is 0 Å². The second kappa shape index (κ2) is 10.4. The normalized spacial score (nSPS) is 13.1. The highest BCUT2D eigenvalue weighted by Crippen LogP contribution is 2.56. The number of hydrogen-bond donors (Lipinski definition) is 0. The summed E-state index contributed by atoms with van der Waals surface area (Å²) in [6.45, 7) is 2.40. The minimum Gasteiger partial charge on any atom is -0.456 e. The summed E-state index contributed by atoms with van der Waals surface area (Å²) in [6.07, 6.45) is 0. The lowest BCUT2D eigenvalue weighted by Gasteiger charge is -2.35. The van der Waals surface area contributed by atoms with Crippen LogP contribution in [-0.2, 0) is 5.41 Å². The number of furan rings is 1. The molecule has 2 heteroatoms. The number of anilines is 3. The zero-order valence-electron chi connectivity index (χ0n) is 25.5. The number of fused-ring (bicyclic) bond motifs is 6. The predicted molar refractivity (Wildman–Crippen MR) is 191 cm³/mol. The van der Waals surface area contributed by atoms with E-state index in [-0.39, 0.29) is 0 Å². The molecule has 218 valence electrons. The van der Waals surface area contributed by atoms with Gasteiger partial charge in [-0.2, -0.15) is 0 Å². The average Bonchev–Trinajstić information content (AvgIpc) is 3.62. The first-order valence-corrected chi connectivity index (χ1v) is 15.9. The quantitative estimate of drug-likeness (QED) is 0.199. The van der Waals surface area contributed by atoms with E-state index in [1.54, 1.807) is 0 Å². The first kappa shape index (κ1) is 26.5. The molecule has 1 aliphatic rings. The Labute approximate surface area is 268 Å². The highest BCUT2D eigenvalue weighted by atomic mass is 16.3. The standard InChI is InChI=1S/C44H31NO/c1-44(38-21-11-8-18-34(38)35-19-9-12-22-39(35)44)40-28-37-36-20-10-13-23-42(36)46-43(37)29-41(40)45(32-16-6-3-7-17-32)33-26-24-31(25-27-33)30-14-4-2-5-15-30/h2-29H,1H3. The first-order chi connectivity index (χ1) is 22.7. The van der Waals surface area contributed by atoms with Crippen LogP contribution in [-0.4, -0.2) is 0 Å². The molecule has 9 rings (SSSR count). The van der Waals surface area contributed by atoms with Crippen LogP contribution in [0.15, 0.2) is 174 Å².